The van der Waals surface area contributed by atoms with E-state index in [1.807, 2.05) is 36.0 Å². The SMILES string of the molecule is COC(=O)NC(C(=O)N1C(c2ncc(-c3ccc4cc(-c5ccc(-c6cnc([C@@H]7CC8(CC8)CN7C(=O)[C@@H](NC(=O)OC)C(C)C)[nH]6)cc5)ccc4c3)[nH]2)C2CC[C@@H]1C2)C(C)(C)OC. The fourth-order valence-corrected chi connectivity index (χ4v) is 10.3. The smallest absolute Gasteiger partial charge is 0.407 e. The minimum atomic E-state index is -0.972. The molecule has 3 aromatic carbocycles. The third kappa shape index (κ3) is 7.99. The van der Waals surface area contributed by atoms with Gasteiger partial charge in [-0.15, -0.1) is 0 Å². The van der Waals surface area contributed by atoms with Crippen molar-refractivity contribution in [2.24, 2.45) is 17.3 Å². The van der Waals surface area contributed by atoms with E-state index in [9.17, 15) is 19.2 Å². The average molecular weight is 871 g/mol. The van der Waals surface area contributed by atoms with Crippen molar-refractivity contribution in [2.45, 2.75) is 102 Å². The van der Waals surface area contributed by atoms with Gasteiger partial charge in [0.2, 0.25) is 11.8 Å². The number of methoxy groups -OCH3 is 3. The van der Waals surface area contributed by atoms with E-state index >= 15 is 0 Å². The molecule has 4 heterocycles. The number of hydrogen-bond donors (Lipinski definition) is 4. The summed E-state index contributed by atoms with van der Waals surface area (Å²) >= 11 is 0. The van der Waals surface area contributed by atoms with E-state index in [0.29, 0.717) is 6.54 Å². The number of hydrogen-bond acceptors (Lipinski definition) is 9. The Balaban J connectivity index is 0.897. The van der Waals surface area contributed by atoms with E-state index in [4.69, 9.17) is 24.2 Å². The van der Waals surface area contributed by atoms with Crippen molar-refractivity contribution in [1.29, 1.82) is 0 Å². The van der Waals surface area contributed by atoms with Gasteiger partial charge in [0.05, 0.1) is 55.7 Å². The summed E-state index contributed by atoms with van der Waals surface area (Å²) in [5.41, 5.74) is 5.04. The van der Waals surface area contributed by atoms with E-state index in [1.165, 1.54) is 21.3 Å². The molecule has 2 saturated heterocycles. The predicted octanol–water partition coefficient (Wildman–Crippen LogP) is 7.92. The number of benzene rings is 3. The second-order valence-electron chi connectivity index (χ2n) is 19.1. The lowest BCUT2D eigenvalue weighted by atomic mass is 9.93. The van der Waals surface area contributed by atoms with Gasteiger partial charge in [-0.2, -0.15) is 0 Å². The largest absolute Gasteiger partial charge is 0.453 e. The first-order valence-electron chi connectivity index (χ1n) is 22.3. The lowest BCUT2D eigenvalue weighted by Crippen LogP contribution is -2.60. The molecular weight excluding hydrogens is 813 g/mol. The third-order valence-electron chi connectivity index (χ3n) is 14.4. The van der Waals surface area contributed by atoms with Gasteiger partial charge >= 0.3 is 12.2 Å². The number of carbonyl (C=O) groups is 4. The quantitative estimate of drug-likeness (QED) is 0.0968. The van der Waals surface area contributed by atoms with Gasteiger partial charge in [0.15, 0.2) is 0 Å². The lowest BCUT2D eigenvalue weighted by molar-refractivity contribution is -0.145. The van der Waals surface area contributed by atoms with Crippen LogP contribution in [-0.4, -0.2) is 105 Å². The second-order valence-corrected chi connectivity index (χ2v) is 19.1. The predicted molar refractivity (Wildman–Crippen MR) is 241 cm³/mol. The van der Waals surface area contributed by atoms with Gasteiger partial charge in [0.1, 0.15) is 23.7 Å². The topological polar surface area (TPSA) is 184 Å². The van der Waals surface area contributed by atoms with Gasteiger partial charge in [0, 0.05) is 25.3 Å². The molecule has 4 fully saturated rings. The summed E-state index contributed by atoms with van der Waals surface area (Å²) < 4.78 is 15.4. The van der Waals surface area contributed by atoms with Crippen LogP contribution in [0, 0.1) is 17.3 Å². The van der Waals surface area contributed by atoms with E-state index in [2.05, 4.69) is 81.3 Å². The Morgan fingerprint density at radius 3 is 2.02 bits per heavy atom. The van der Waals surface area contributed by atoms with E-state index in [0.717, 1.165) is 94.6 Å². The standard InChI is InChI=1S/C49H58N8O7/c1-27(2)39(54-46(60)62-5)44(58)56-26-49(18-19-49)23-38(56)42-50-24-36(52-42)29-10-8-28(9-11-29)30-12-13-32-21-33(15-14-31(32)20-30)37-25-51-43(53-37)40-34-16-17-35(22-34)57(40)45(59)41(48(3,4)64-7)55-47(61)63-6/h8-15,20-21,24-25,27,34-35,38-41H,16-19,22-23,26H2,1-7H3,(H,50,52)(H,51,53)(H,54,60)(H,55,61)/t34?,35-,38+,39+,40?,41?/m1/s1. The second kappa shape index (κ2) is 16.7. The molecule has 2 bridgehead atoms. The summed E-state index contributed by atoms with van der Waals surface area (Å²) in [6.07, 6.45) is 8.19. The van der Waals surface area contributed by atoms with Crippen molar-refractivity contribution in [2.75, 3.05) is 27.9 Å². The zero-order chi connectivity index (χ0) is 45.1. The van der Waals surface area contributed by atoms with Crippen LogP contribution in [0.15, 0.2) is 73.1 Å². The number of rotatable bonds is 12. The molecule has 5 aromatic rings. The summed E-state index contributed by atoms with van der Waals surface area (Å²) in [4.78, 5) is 73.2. The van der Waals surface area contributed by atoms with E-state index in [-0.39, 0.29) is 47.2 Å². The number of carbonyl (C=O) groups excluding carboxylic acids is 4. The number of nitrogens with one attached hydrogen (secondary N) is 4. The molecule has 4 amide bonds. The van der Waals surface area contributed by atoms with Gasteiger partial charge in [-0.25, -0.2) is 19.6 Å². The van der Waals surface area contributed by atoms with Crippen molar-refractivity contribution >= 4 is 34.8 Å². The van der Waals surface area contributed by atoms with E-state index < -0.39 is 29.9 Å². The summed E-state index contributed by atoms with van der Waals surface area (Å²) in [5, 5.41) is 7.67. The Bertz CT molecular complexity index is 2580. The Kier molecular flexibility index (Phi) is 11.2. The maximum Gasteiger partial charge on any atom is 0.407 e. The number of H-pyrrole nitrogens is 2. The Hall–Kier alpha value is -6.22. The Labute approximate surface area is 373 Å². The lowest BCUT2D eigenvalue weighted by Gasteiger charge is -2.40. The molecule has 3 unspecified atom stereocenters. The first-order chi connectivity index (χ1) is 30.7. The van der Waals surface area contributed by atoms with Crippen LogP contribution in [-0.2, 0) is 23.8 Å². The molecule has 336 valence electrons. The minimum absolute atomic E-state index is 0.0550. The van der Waals surface area contributed by atoms with Gasteiger partial charge in [-0.3, -0.25) is 9.59 Å². The average Bonchev–Trinajstić information content (AvgIpc) is 3.94. The highest BCUT2D eigenvalue weighted by Gasteiger charge is 2.56. The molecule has 2 aromatic heterocycles. The number of fused-ring (bicyclic) bond motifs is 3. The van der Waals surface area contributed by atoms with Crippen LogP contribution in [0.25, 0.3) is 44.4 Å². The molecule has 64 heavy (non-hydrogen) atoms. The number of amides is 4. The van der Waals surface area contributed by atoms with Gasteiger partial charge in [0.25, 0.3) is 0 Å². The van der Waals surface area contributed by atoms with E-state index in [1.54, 1.807) is 13.8 Å². The molecule has 4 aliphatic rings. The molecule has 4 N–H and O–H groups in total. The van der Waals surface area contributed by atoms with Crippen LogP contribution >= 0.6 is 0 Å². The number of alkyl carbamates (subject to hydrolysis) is 2. The fourth-order valence-electron chi connectivity index (χ4n) is 10.3. The third-order valence-corrected chi connectivity index (χ3v) is 14.4. The van der Waals surface area contributed by atoms with Crippen LogP contribution in [0.2, 0.25) is 0 Å². The highest BCUT2D eigenvalue weighted by atomic mass is 16.5. The van der Waals surface area contributed by atoms with Crippen LogP contribution in [0.4, 0.5) is 9.59 Å². The highest BCUT2D eigenvalue weighted by molar-refractivity contribution is 5.91. The summed E-state index contributed by atoms with van der Waals surface area (Å²) in [5.74, 6) is 1.32. The number of aromatic nitrogens is 4. The molecule has 1 spiro atoms. The van der Waals surface area contributed by atoms with Crippen molar-refractivity contribution in [3.63, 3.8) is 0 Å². The maximum atomic E-state index is 14.3. The Morgan fingerprint density at radius 1 is 0.766 bits per heavy atom. The van der Waals surface area contributed by atoms with Gasteiger partial charge in [-0.1, -0.05) is 62.4 Å². The first kappa shape index (κ1) is 43.1. The van der Waals surface area contributed by atoms with Crippen LogP contribution in [0.5, 0.6) is 0 Å². The zero-order valence-corrected chi connectivity index (χ0v) is 37.6. The van der Waals surface area contributed by atoms with Crippen molar-refractivity contribution < 1.29 is 33.4 Å². The normalized spacial score (nSPS) is 21.9. The van der Waals surface area contributed by atoms with Gasteiger partial charge < -0.3 is 44.6 Å². The van der Waals surface area contributed by atoms with Crippen LogP contribution in [0.1, 0.15) is 90.0 Å². The number of ether oxygens (including phenoxy) is 3. The number of imidazole rings is 2. The number of likely N-dealkylation sites (tertiary alicyclic amines) is 2. The highest BCUT2D eigenvalue weighted by Crippen LogP contribution is 2.58. The van der Waals surface area contributed by atoms with Crippen LogP contribution in [0.3, 0.4) is 0 Å². The minimum Gasteiger partial charge on any atom is -0.453 e. The number of aromatic amines is 2. The maximum absolute atomic E-state index is 14.3. The molecule has 2 saturated carbocycles. The van der Waals surface area contributed by atoms with Crippen LogP contribution < -0.4 is 10.6 Å². The number of nitrogens with zero attached hydrogens (tertiary/aromatic N) is 4. The van der Waals surface area contributed by atoms with Crippen molar-refractivity contribution in [3.8, 4) is 33.6 Å². The summed E-state index contributed by atoms with van der Waals surface area (Å²) in [6, 6.07) is 19.2. The summed E-state index contributed by atoms with van der Waals surface area (Å²) in [6.45, 7) is 8.08. The molecular formula is C49H58N8O7. The fraction of sp³-hybridized carbons (Fsp3) is 0.469. The monoisotopic (exact) mass is 870 g/mol. The van der Waals surface area contributed by atoms with Crippen molar-refractivity contribution in [1.82, 2.24) is 40.4 Å². The van der Waals surface area contributed by atoms with Gasteiger partial charge in [-0.05, 0) is 109 Å². The molecule has 0 radical (unpaired) electrons. The molecule has 6 atom stereocenters. The number of piperidine rings is 1. The molecule has 2 aliphatic heterocycles. The van der Waals surface area contributed by atoms with Crippen molar-refractivity contribution in [3.05, 3.63) is 84.7 Å². The summed E-state index contributed by atoms with van der Waals surface area (Å²) in [7, 11) is 4.12. The molecule has 9 rings (SSSR count). The molecule has 15 nitrogen and oxygen atoms in total. The Morgan fingerprint density at radius 2 is 1.36 bits per heavy atom. The zero-order valence-electron chi connectivity index (χ0n) is 37.6. The molecule has 2 aliphatic carbocycles. The molecule has 15 heteroatoms. The first-order valence-corrected chi connectivity index (χ1v) is 22.3.